The van der Waals surface area contributed by atoms with E-state index in [9.17, 15) is 18.4 Å². The molecule has 0 bridgehead atoms. The monoisotopic (exact) mass is 371 g/mol. The molecule has 0 aliphatic rings. The predicted octanol–water partition coefficient (Wildman–Crippen LogP) is 3.58. The van der Waals surface area contributed by atoms with E-state index in [1.54, 1.807) is 37.3 Å². The molecule has 3 aromatic rings. The summed E-state index contributed by atoms with van der Waals surface area (Å²) in [5, 5.41) is 6.59. The summed E-state index contributed by atoms with van der Waals surface area (Å²) in [6, 6.07) is 11.3. The lowest BCUT2D eigenvalue weighted by atomic mass is 10.2. The molecule has 3 rings (SSSR count). The maximum absolute atomic E-state index is 13.9. The van der Waals surface area contributed by atoms with Gasteiger partial charge in [-0.2, -0.15) is 5.10 Å². The van der Waals surface area contributed by atoms with Crippen molar-refractivity contribution in [3.05, 3.63) is 77.5 Å². The molecule has 1 aromatic heterocycles. The summed E-state index contributed by atoms with van der Waals surface area (Å²) in [7, 11) is 0. The highest BCUT2D eigenvalue weighted by Gasteiger charge is 2.23. The van der Waals surface area contributed by atoms with Crippen LogP contribution >= 0.6 is 0 Å². The van der Waals surface area contributed by atoms with Gasteiger partial charge in [-0.1, -0.05) is 18.2 Å². The molecule has 138 valence electrons. The van der Waals surface area contributed by atoms with Crippen LogP contribution in [-0.2, 0) is 4.74 Å². The van der Waals surface area contributed by atoms with Gasteiger partial charge in [-0.15, -0.1) is 0 Å². The summed E-state index contributed by atoms with van der Waals surface area (Å²) in [5.41, 5.74) is 0.214. The van der Waals surface area contributed by atoms with E-state index in [0.717, 1.165) is 12.1 Å². The number of esters is 1. The molecule has 27 heavy (non-hydrogen) atoms. The summed E-state index contributed by atoms with van der Waals surface area (Å²) in [5.74, 6) is -3.33. The lowest BCUT2D eigenvalue weighted by molar-refractivity contribution is 0.0527. The zero-order valence-corrected chi connectivity index (χ0v) is 14.3. The fourth-order valence-corrected chi connectivity index (χ4v) is 2.44. The Morgan fingerprint density at radius 2 is 1.85 bits per heavy atom. The van der Waals surface area contributed by atoms with Crippen molar-refractivity contribution in [2.75, 3.05) is 11.9 Å². The van der Waals surface area contributed by atoms with E-state index in [2.05, 4.69) is 10.4 Å². The zero-order chi connectivity index (χ0) is 19.4. The number of carbonyl (C=O) groups excluding carboxylic acids is 2. The number of nitrogens with zero attached hydrogens (tertiary/aromatic N) is 2. The maximum Gasteiger partial charge on any atom is 0.343 e. The molecule has 6 nitrogen and oxygen atoms in total. The largest absolute Gasteiger partial charge is 0.462 e. The van der Waals surface area contributed by atoms with Crippen molar-refractivity contribution in [2.24, 2.45) is 0 Å². The Labute approximate surface area is 153 Å². The highest BCUT2D eigenvalue weighted by atomic mass is 19.1. The molecular weight excluding hydrogens is 356 g/mol. The third kappa shape index (κ3) is 3.84. The maximum atomic E-state index is 13.9. The Morgan fingerprint density at radius 3 is 2.52 bits per heavy atom. The van der Waals surface area contributed by atoms with Crippen LogP contribution in [0.3, 0.4) is 0 Å². The topological polar surface area (TPSA) is 73.2 Å². The molecule has 2 aromatic carbocycles. The van der Waals surface area contributed by atoms with Crippen molar-refractivity contribution in [3.8, 4) is 5.69 Å². The number of nitrogens with one attached hydrogen (secondary N) is 1. The van der Waals surface area contributed by atoms with E-state index < -0.39 is 23.5 Å². The van der Waals surface area contributed by atoms with Gasteiger partial charge in [0, 0.05) is 6.07 Å². The van der Waals surface area contributed by atoms with Crippen molar-refractivity contribution < 1.29 is 23.1 Å². The number of para-hydroxylation sites is 1. The van der Waals surface area contributed by atoms with Crippen molar-refractivity contribution >= 4 is 17.7 Å². The first-order valence-electron chi connectivity index (χ1n) is 8.08. The van der Waals surface area contributed by atoms with Gasteiger partial charge < -0.3 is 10.1 Å². The lowest BCUT2D eigenvalue weighted by Crippen LogP contribution is -2.19. The van der Waals surface area contributed by atoms with Crippen LogP contribution in [0.4, 0.5) is 14.6 Å². The van der Waals surface area contributed by atoms with Gasteiger partial charge in [0.15, 0.2) is 5.82 Å². The van der Waals surface area contributed by atoms with Gasteiger partial charge in [0.2, 0.25) is 0 Å². The number of carbonyl (C=O) groups is 2. The van der Waals surface area contributed by atoms with Crippen molar-refractivity contribution in [1.82, 2.24) is 9.78 Å². The summed E-state index contributed by atoms with van der Waals surface area (Å²) < 4.78 is 33.3. The highest BCUT2D eigenvalue weighted by molar-refractivity contribution is 6.07. The quantitative estimate of drug-likeness (QED) is 0.696. The van der Waals surface area contributed by atoms with Crippen LogP contribution in [0.2, 0.25) is 0 Å². The van der Waals surface area contributed by atoms with Crippen LogP contribution in [0.25, 0.3) is 5.69 Å². The molecule has 0 spiro atoms. The number of aromatic nitrogens is 2. The van der Waals surface area contributed by atoms with Gasteiger partial charge in [-0.3, -0.25) is 4.79 Å². The lowest BCUT2D eigenvalue weighted by Gasteiger charge is -2.11. The summed E-state index contributed by atoms with van der Waals surface area (Å²) >= 11 is 0. The van der Waals surface area contributed by atoms with Gasteiger partial charge in [0.1, 0.15) is 17.2 Å². The fraction of sp³-hybridized carbons (Fsp3) is 0.105. The van der Waals surface area contributed by atoms with Crippen LogP contribution < -0.4 is 5.32 Å². The van der Waals surface area contributed by atoms with Crippen LogP contribution in [0.1, 0.15) is 27.6 Å². The smallest absolute Gasteiger partial charge is 0.343 e. The SMILES string of the molecule is CCOC(=O)c1cnn(-c2ccccc2)c1NC(=O)c1ccc(F)cc1F. The van der Waals surface area contributed by atoms with Crippen molar-refractivity contribution in [1.29, 1.82) is 0 Å². The number of anilines is 1. The minimum Gasteiger partial charge on any atom is -0.462 e. The minimum atomic E-state index is -1.02. The molecule has 0 saturated heterocycles. The number of halogens is 2. The second kappa shape index (κ2) is 7.77. The first kappa shape index (κ1) is 18.2. The van der Waals surface area contributed by atoms with Crippen molar-refractivity contribution in [3.63, 3.8) is 0 Å². The van der Waals surface area contributed by atoms with Crippen LogP contribution in [0.5, 0.6) is 0 Å². The number of hydrogen-bond acceptors (Lipinski definition) is 4. The number of benzene rings is 2. The predicted molar refractivity (Wildman–Crippen MR) is 93.8 cm³/mol. The zero-order valence-electron chi connectivity index (χ0n) is 14.3. The molecule has 8 heteroatoms. The standard InChI is InChI=1S/C19H15F2N3O3/c1-2-27-19(26)15-11-22-24(13-6-4-3-5-7-13)17(15)23-18(25)14-9-8-12(20)10-16(14)21/h3-11H,2H2,1H3,(H,23,25). The minimum absolute atomic E-state index is 0.0107. The van der Waals surface area contributed by atoms with E-state index in [1.807, 2.05) is 0 Å². The first-order valence-corrected chi connectivity index (χ1v) is 8.08. The highest BCUT2D eigenvalue weighted by Crippen LogP contribution is 2.22. The molecule has 0 radical (unpaired) electrons. The van der Waals surface area contributed by atoms with Gasteiger partial charge in [-0.05, 0) is 31.2 Å². The normalized spacial score (nSPS) is 10.5. The summed E-state index contributed by atoms with van der Waals surface area (Å²) in [4.78, 5) is 24.7. The summed E-state index contributed by atoms with van der Waals surface area (Å²) in [6.45, 7) is 1.78. The number of rotatable bonds is 5. The molecule has 0 fully saturated rings. The van der Waals surface area contributed by atoms with E-state index >= 15 is 0 Å². The molecule has 1 heterocycles. The van der Waals surface area contributed by atoms with Crippen LogP contribution in [0.15, 0.2) is 54.7 Å². The van der Waals surface area contributed by atoms with Gasteiger partial charge in [-0.25, -0.2) is 18.3 Å². The van der Waals surface area contributed by atoms with Gasteiger partial charge in [0.05, 0.1) is 24.1 Å². The third-order valence-corrected chi connectivity index (χ3v) is 3.67. The number of amides is 1. The fourth-order valence-electron chi connectivity index (χ4n) is 2.44. The Morgan fingerprint density at radius 1 is 1.11 bits per heavy atom. The molecule has 1 amide bonds. The average molecular weight is 371 g/mol. The van der Waals surface area contributed by atoms with E-state index in [-0.39, 0.29) is 23.6 Å². The van der Waals surface area contributed by atoms with Gasteiger partial charge >= 0.3 is 5.97 Å². The number of ether oxygens (including phenoxy) is 1. The first-order chi connectivity index (χ1) is 13.0. The van der Waals surface area contributed by atoms with Crippen LogP contribution in [0, 0.1) is 11.6 Å². The van der Waals surface area contributed by atoms with E-state index in [0.29, 0.717) is 11.8 Å². The molecular formula is C19H15F2N3O3. The third-order valence-electron chi connectivity index (χ3n) is 3.67. The Bertz CT molecular complexity index is 987. The van der Waals surface area contributed by atoms with E-state index in [4.69, 9.17) is 4.74 Å². The Hall–Kier alpha value is -3.55. The molecule has 0 atom stereocenters. The molecule has 1 N–H and O–H groups in total. The number of hydrogen-bond donors (Lipinski definition) is 1. The Balaban J connectivity index is 2.02. The average Bonchev–Trinajstić information content (AvgIpc) is 3.06. The van der Waals surface area contributed by atoms with Crippen LogP contribution in [-0.4, -0.2) is 28.3 Å². The second-order valence-corrected chi connectivity index (χ2v) is 5.45. The Kier molecular flexibility index (Phi) is 5.25. The molecule has 0 aliphatic heterocycles. The molecule has 0 unspecified atom stereocenters. The van der Waals surface area contributed by atoms with Crippen molar-refractivity contribution in [2.45, 2.75) is 6.92 Å². The second-order valence-electron chi connectivity index (χ2n) is 5.45. The van der Waals surface area contributed by atoms with E-state index in [1.165, 1.54) is 10.9 Å². The molecule has 0 aliphatic carbocycles. The van der Waals surface area contributed by atoms with Gasteiger partial charge in [0.25, 0.3) is 5.91 Å². The summed E-state index contributed by atoms with van der Waals surface area (Å²) in [6.07, 6.45) is 1.25. The molecule has 0 saturated carbocycles.